The van der Waals surface area contributed by atoms with Crippen LogP contribution in [0.1, 0.15) is 25.3 Å². The second kappa shape index (κ2) is 3.98. The van der Waals surface area contributed by atoms with Crippen LogP contribution in [-0.2, 0) is 0 Å². The van der Waals surface area contributed by atoms with Crippen molar-refractivity contribution in [3.63, 3.8) is 0 Å². The third kappa shape index (κ3) is 1.93. The highest BCUT2D eigenvalue weighted by atomic mass is 19.1. The molecule has 0 bridgehead atoms. The van der Waals surface area contributed by atoms with Crippen molar-refractivity contribution >= 4 is 5.69 Å². The zero-order chi connectivity index (χ0) is 12.8. The Morgan fingerprint density at radius 1 is 1.35 bits per heavy atom. The van der Waals surface area contributed by atoms with E-state index in [2.05, 4.69) is 13.8 Å². The van der Waals surface area contributed by atoms with Crippen LogP contribution < -0.4 is 10.6 Å². The molecule has 0 heterocycles. The second-order valence-electron chi connectivity index (χ2n) is 5.74. The zero-order valence-corrected chi connectivity index (χ0v) is 11.0. The molecule has 1 saturated carbocycles. The van der Waals surface area contributed by atoms with Crippen LogP contribution in [0.3, 0.4) is 0 Å². The van der Waals surface area contributed by atoms with Gasteiger partial charge >= 0.3 is 0 Å². The molecule has 0 amide bonds. The van der Waals surface area contributed by atoms with Crippen LogP contribution in [0.2, 0.25) is 0 Å². The SMILES string of the molecule is CN(C)c1ccc(F)cc1[C@@H]1[C@@H](CN)C1(C)C. The summed E-state index contributed by atoms with van der Waals surface area (Å²) in [5, 5.41) is 0. The molecule has 0 aromatic heterocycles. The highest BCUT2D eigenvalue weighted by Crippen LogP contribution is 2.65. The summed E-state index contributed by atoms with van der Waals surface area (Å²) in [7, 11) is 3.98. The molecule has 0 spiro atoms. The lowest BCUT2D eigenvalue weighted by molar-refractivity contribution is 0.558. The molecule has 1 aromatic carbocycles. The number of hydrogen-bond donors (Lipinski definition) is 1. The van der Waals surface area contributed by atoms with Crippen LogP contribution in [-0.4, -0.2) is 20.6 Å². The number of anilines is 1. The molecule has 2 N–H and O–H groups in total. The standard InChI is InChI=1S/C14H21FN2/c1-14(2)11(8-16)13(14)10-7-9(15)5-6-12(10)17(3)4/h5-7,11,13H,8,16H2,1-4H3/t11-,13-/m1/s1. The minimum atomic E-state index is -0.163. The topological polar surface area (TPSA) is 29.3 Å². The van der Waals surface area contributed by atoms with Gasteiger partial charge in [0.25, 0.3) is 0 Å². The average molecular weight is 236 g/mol. The van der Waals surface area contributed by atoms with Crippen LogP contribution in [0.5, 0.6) is 0 Å². The summed E-state index contributed by atoms with van der Waals surface area (Å²) in [5.74, 6) is 0.674. The Kier molecular flexibility index (Phi) is 2.90. The summed E-state index contributed by atoms with van der Waals surface area (Å²) < 4.78 is 13.4. The van der Waals surface area contributed by atoms with Gasteiger partial charge in [-0.05, 0) is 47.6 Å². The van der Waals surface area contributed by atoms with Gasteiger partial charge in [-0.2, -0.15) is 0 Å². The number of nitrogens with two attached hydrogens (primary N) is 1. The van der Waals surface area contributed by atoms with E-state index in [1.807, 2.05) is 25.1 Å². The number of halogens is 1. The lowest BCUT2D eigenvalue weighted by Crippen LogP contribution is -2.12. The van der Waals surface area contributed by atoms with Crippen molar-refractivity contribution in [3.8, 4) is 0 Å². The molecule has 0 radical (unpaired) electrons. The van der Waals surface area contributed by atoms with Crippen LogP contribution in [0.15, 0.2) is 18.2 Å². The summed E-state index contributed by atoms with van der Waals surface area (Å²) in [6.07, 6.45) is 0. The van der Waals surface area contributed by atoms with E-state index >= 15 is 0 Å². The monoisotopic (exact) mass is 236 g/mol. The van der Waals surface area contributed by atoms with Crippen molar-refractivity contribution in [2.45, 2.75) is 19.8 Å². The molecular weight excluding hydrogens is 215 g/mol. The molecule has 2 atom stereocenters. The fourth-order valence-corrected chi connectivity index (χ4v) is 2.98. The minimum Gasteiger partial charge on any atom is -0.377 e. The van der Waals surface area contributed by atoms with E-state index in [1.165, 1.54) is 6.07 Å². The normalized spacial score (nSPS) is 25.8. The predicted octanol–water partition coefficient (Wildman–Crippen LogP) is 2.59. The summed E-state index contributed by atoms with van der Waals surface area (Å²) in [6, 6.07) is 5.04. The molecule has 0 unspecified atom stereocenters. The first kappa shape index (κ1) is 12.4. The van der Waals surface area contributed by atoms with Crippen LogP contribution in [0.4, 0.5) is 10.1 Å². The third-order valence-corrected chi connectivity index (χ3v) is 4.11. The molecular formula is C14H21FN2. The smallest absolute Gasteiger partial charge is 0.123 e. The maximum atomic E-state index is 13.4. The van der Waals surface area contributed by atoms with Gasteiger partial charge in [-0.15, -0.1) is 0 Å². The molecule has 1 aromatic rings. The molecule has 2 rings (SSSR count). The summed E-state index contributed by atoms with van der Waals surface area (Å²) in [6.45, 7) is 5.08. The van der Waals surface area contributed by atoms with Gasteiger partial charge in [0.15, 0.2) is 0 Å². The summed E-state index contributed by atoms with van der Waals surface area (Å²) in [5.41, 5.74) is 8.17. The maximum absolute atomic E-state index is 13.4. The van der Waals surface area contributed by atoms with Crippen molar-refractivity contribution in [2.75, 3.05) is 25.5 Å². The lowest BCUT2D eigenvalue weighted by atomic mass is 10.0. The Morgan fingerprint density at radius 2 is 2.00 bits per heavy atom. The molecule has 3 heteroatoms. The van der Waals surface area contributed by atoms with Gasteiger partial charge in [-0.1, -0.05) is 13.8 Å². The van der Waals surface area contributed by atoms with E-state index in [0.29, 0.717) is 18.4 Å². The van der Waals surface area contributed by atoms with Crippen LogP contribution in [0.25, 0.3) is 0 Å². The number of nitrogens with zero attached hydrogens (tertiary/aromatic N) is 1. The van der Waals surface area contributed by atoms with E-state index in [9.17, 15) is 4.39 Å². The Balaban J connectivity index is 2.42. The highest BCUT2D eigenvalue weighted by Gasteiger charge is 2.57. The Morgan fingerprint density at radius 3 is 2.47 bits per heavy atom. The van der Waals surface area contributed by atoms with Crippen LogP contribution >= 0.6 is 0 Å². The quantitative estimate of drug-likeness (QED) is 0.874. The van der Waals surface area contributed by atoms with Gasteiger partial charge in [0, 0.05) is 19.8 Å². The molecule has 1 fully saturated rings. The highest BCUT2D eigenvalue weighted by molar-refractivity contribution is 5.57. The number of hydrogen-bond acceptors (Lipinski definition) is 2. The minimum absolute atomic E-state index is 0.163. The molecule has 2 nitrogen and oxygen atoms in total. The van der Waals surface area contributed by atoms with Crippen molar-refractivity contribution in [3.05, 3.63) is 29.6 Å². The van der Waals surface area contributed by atoms with Gasteiger partial charge < -0.3 is 10.6 Å². The zero-order valence-electron chi connectivity index (χ0n) is 11.0. The van der Waals surface area contributed by atoms with E-state index in [-0.39, 0.29) is 11.2 Å². The molecule has 1 aliphatic rings. The van der Waals surface area contributed by atoms with E-state index in [0.717, 1.165) is 11.3 Å². The lowest BCUT2D eigenvalue weighted by Gasteiger charge is -2.18. The molecule has 0 saturated heterocycles. The van der Waals surface area contributed by atoms with Crippen LogP contribution in [0, 0.1) is 17.2 Å². The second-order valence-corrected chi connectivity index (χ2v) is 5.74. The van der Waals surface area contributed by atoms with Gasteiger partial charge in [0.1, 0.15) is 5.82 Å². The van der Waals surface area contributed by atoms with Gasteiger partial charge in [0.05, 0.1) is 0 Å². The van der Waals surface area contributed by atoms with Gasteiger partial charge in [-0.3, -0.25) is 0 Å². The third-order valence-electron chi connectivity index (χ3n) is 4.11. The van der Waals surface area contributed by atoms with E-state index < -0.39 is 0 Å². The molecule has 94 valence electrons. The van der Waals surface area contributed by atoms with E-state index in [4.69, 9.17) is 5.73 Å². The molecule has 1 aliphatic carbocycles. The summed E-state index contributed by atoms with van der Waals surface area (Å²) in [4.78, 5) is 2.04. The predicted molar refractivity (Wildman–Crippen MR) is 69.8 cm³/mol. The average Bonchev–Trinajstić information content (AvgIpc) is 2.79. The first-order valence-electron chi connectivity index (χ1n) is 6.06. The largest absolute Gasteiger partial charge is 0.377 e. The first-order valence-corrected chi connectivity index (χ1v) is 6.06. The fourth-order valence-electron chi connectivity index (χ4n) is 2.98. The number of rotatable bonds is 3. The fraction of sp³-hybridized carbons (Fsp3) is 0.571. The summed E-state index contributed by atoms with van der Waals surface area (Å²) >= 11 is 0. The van der Waals surface area contributed by atoms with Crippen molar-refractivity contribution in [2.24, 2.45) is 17.1 Å². The molecule has 17 heavy (non-hydrogen) atoms. The molecule has 0 aliphatic heterocycles. The maximum Gasteiger partial charge on any atom is 0.123 e. The Bertz CT molecular complexity index is 426. The van der Waals surface area contributed by atoms with Crippen molar-refractivity contribution in [1.29, 1.82) is 0 Å². The van der Waals surface area contributed by atoms with E-state index in [1.54, 1.807) is 6.07 Å². The van der Waals surface area contributed by atoms with Gasteiger partial charge in [0.2, 0.25) is 0 Å². The Labute approximate surface area is 103 Å². The van der Waals surface area contributed by atoms with Gasteiger partial charge in [-0.25, -0.2) is 4.39 Å². The number of benzene rings is 1. The van der Waals surface area contributed by atoms with Crippen molar-refractivity contribution < 1.29 is 4.39 Å². The van der Waals surface area contributed by atoms with Crippen molar-refractivity contribution in [1.82, 2.24) is 0 Å². The first-order chi connectivity index (χ1) is 7.89. The Hall–Kier alpha value is -1.09.